The van der Waals surface area contributed by atoms with Crippen molar-refractivity contribution < 1.29 is 14.3 Å². The lowest BCUT2D eigenvalue weighted by Crippen LogP contribution is -2.23. The van der Waals surface area contributed by atoms with Gasteiger partial charge in [-0.25, -0.2) is 0 Å². The van der Waals surface area contributed by atoms with Crippen LogP contribution in [0.15, 0.2) is 48.5 Å². The highest BCUT2D eigenvalue weighted by molar-refractivity contribution is 6.30. The van der Waals surface area contributed by atoms with Crippen LogP contribution in [0.1, 0.15) is 35.2 Å². The van der Waals surface area contributed by atoms with E-state index in [1.807, 2.05) is 31.3 Å². The van der Waals surface area contributed by atoms with Crippen LogP contribution in [0, 0.1) is 5.92 Å². The molecular weight excluding hydrogens is 362 g/mol. The summed E-state index contributed by atoms with van der Waals surface area (Å²) in [7, 11) is 2.00. The van der Waals surface area contributed by atoms with Crippen molar-refractivity contribution >= 4 is 23.4 Å². The van der Waals surface area contributed by atoms with Crippen LogP contribution >= 0.6 is 11.6 Å². The molecule has 5 heteroatoms. The smallest absolute Gasteiger partial charge is 0.315 e. The molecule has 1 aliphatic heterocycles. The zero-order chi connectivity index (χ0) is 19.0. The Morgan fingerprint density at radius 3 is 2.30 bits per heavy atom. The van der Waals surface area contributed by atoms with Gasteiger partial charge in [-0.05, 0) is 74.8 Å². The Labute approximate surface area is 164 Å². The van der Waals surface area contributed by atoms with Crippen LogP contribution < -0.4 is 4.74 Å². The van der Waals surface area contributed by atoms with Crippen LogP contribution in [0.5, 0.6) is 5.75 Å². The number of Topliss-reactive ketones (excluding diaryl/α,β-unsaturated/α-hetero) is 1. The minimum atomic E-state index is -0.433. The van der Waals surface area contributed by atoms with Gasteiger partial charge in [0.25, 0.3) is 0 Å². The monoisotopic (exact) mass is 383 g/mol. The van der Waals surface area contributed by atoms with Crippen LogP contribution in [0.4, 0.5) is 0 Å². The number of likely N-dealkylation sites (tertiary alicyclic amines) is 1. The predicted octanol–water partition coefficient (Wildman–Crippen LogP) is 4.11. The normalized spacial score (nSPS) is 21.0. The van der Waals surface area contributed by atoms with E-state index >= 15 is 0 Å². The number of nitrogens with zero attached hydrogens (tertiary/aromatic N) is 1. The van der Waals surface area contributed by atoms with Crippen LogP contribution in [0.25, 0.3) is 0 Å². The van der Waals surface area contributed by atoms with Gasteiger partial charge in [0.15, 0.2) is 5.78 Å². The maximum atomic E-state index is 13.0. The topological polar surface area (TPSA) is 46.6 Å². The molecule has 1 heterocycles. The van der Waals surface area contributed by atoms with Crippen molar-refractivity contribution in [1.29, 1.82) is 0 Å². The van der Waals surface area contributed by atoms with E-state index in [1.54, 1.807) is 24.3 Å². The van der Waals surface area contributed by atoms with Crippen molar-refractivity contribution in [2.75, 3.05) is 20.1 Å². The third-order valence-electron chi connectivity index (χ3n) is 5.64. The lowest BCUT2D eigenvalue weighted by Gasteiger charge is -2.15. The SMILES string of the molecule is CN1CCC(C(=O)Oc2ccc(C(=O)C3(c4ccc(Cl)cc4)CC3)cc2)C1. The minimum absolute atomic E-state index is 0.0732. The second kappa shape index (κ2) is 7.10. The van der Waals surface area contributed by atoms with Gasteiger partial charge in [-0.3, -0.25) is 9.59 Å². The molecule has 0 N–H and O–H groups in total. The first-order valence-corrected chi connectivity index (χ1v) is 9.67. The number of hydrogen-bond donors (Lipinski definition) is 0. The van der Waals surface area contributed by atoms with E-state index in [2.05, 4.69) is 4.90 Å². The van der Waals surface area contributed by atoms with Gasteiger partial charge < -0.3 is 9.64 Å². The third-order valence-corrected chi connectivity index (χ3v) is 5.89. The summed E-state index contributed by atoms with van der Waals surface area (Å²) < 4.78 is 5.49. The van der Waals surface area contributed by atoms with Crippen LogP contribution in [-0.2, 0) is 10.2 Å². The molecular formula is C22H22ClNO3. The van der Waals surface area contributed by atoms with E-state index in [-0.39, 0.29) is 17.7 Å². The number of ketones is 1. The number of carbonyl (C=O) groups excluding carboxylic acids is 2. The van der Waals surface area contributed by atoms with Gasteiger partial charge >= 0.3 is 5.97 Å². The zero-order valence-electron chi connectivity index (χ0n) is 15.3. The molecule has 0 spiro atoms. The van der Waals surface area contributed by atoms with Gasteiger partial charge in [-0.15, -0.1) is 0 Å². The highest BCUT2D eigenvalue weighted by Gasteiger charge is 2.51. The Morgan fingerprint density at radius 2 is 1.74 bits per heavy atom. The summed E-state index contributed by atoms with van der Waals surface area (Å²) in [4.78, 5) is 27.4. The molecule has 0 aromatic heterocycles. The van der Waals surface area contributed by atoms with E-state index in [0.29, 0.717) is 16.3 Å². The highest BCUT2D eigenvalue weighted by Crippen LogP contribution is 2.50. The summed E-state index contributed by atoms with van der Waals surface area (Å²) in [5, 5.41) is 0.668. The Kier molecular flexibility index (Phi) is 4.79. The number of benzene rings is 2. The molecule has 1 aliphatic carbocycles. The zero-order valence-corrected chi connectivity index (χ0v) is 16.0. The van der Waals surface area contributed by atoms with Crippen molar-refractivity contribution in [2.24, 2.45) is 5.92 Å². The number of esters is 1. The fourth-order valence-electron chi connectivity index (χ4n) is 3.82. The summed E-state index contributed by atoms with van der Waals surface area (Å²) in [6.45, 7) is 1.65. The van der Waals surface area contributed by atoms with Crippen LogP contribution in [0.3, 0.4) is 0 Å². The maximum absolute atomic E-state index is 13.0. The highest BCUT2D eigenvalue weighted by atomic mass is 35.5. The molecule has 2 aromatic rings. The van der Waals surface area contributed by atoms with E-state index in [9.17, 15) is 9.59 Å². The number of carbonyl (C=O) groups is 2. The summed E-state index contributed by atoms with van der Waals surface area (Å²) >= 11 is 5.96. The van der Waals surface area contributed by atoms with Crippen LogP contribution in [-0.4, -0.2) is 36.8 Å². The summed E-state index contributed by atoms with van der Waals surface area (Å²) in [6, 6.07) is 14.4. The minimum Gasteiger partial charge on any atom is -0.426 e. The van der Waals surface area contributed by atoms with E-state index in [4.69, 9.17) is 16.3 Å². The van der Waals surface area contributed by atoms with Crippen molar-refractivity contribution in [3.63, 3.8) is 0 Å². The molecule has 1 atom stereocenters. The lowest BCUT2D eigenvalue weighted by molar-refractivity contribution is -0.138. The second-order valence-electron chi connectivity index (χ2n) is 7.61. The first kappa shape index (κ1) is 18.2. The molecule has 0 bridgehead atoms. The molecule has 4 rings (SSSR count). The van der Waals surface area contributed by atoms with E-state index < -0.39 is 5.41 Å². The molecule has 1 unspecified atom stereocenters. The Hall–Kier alpha value is -2.17. The summed E-state index contributed by atoms with van der Waals surface area (Å²) in [5.41, 5.74) is 1.22. The maximum Gasteiger partial charge on any atom is 0.315 e. The molecule has 2 aliphatic rings. The van der Waals surface area contributed by atoms with Gasteiger partial charge in [-0.1, -0.05) is 23.7 Å². The average Bonchev–Trinajstić information content (AvgIpc) is 3.37. The van der Waals surface area contributed by atoms with Crippen molar-refractivity contribution in [3.05, 3.63) is 64.7 Å². The molecule has 1 saturated carbocycles. The Morgan fingerprint density at radius 1 is 1.07 bits per heavy atom. The molecule has 27 heavy (non-hydrogen) atoms. The average molecular weight is 384 g/mol. The first-order chi connectivity index (χ1) is 13.0. The molecule has 0 amide bonds. The Balaban J connectivity index is 1.45. The van der Waals surface area contributed by atoms with Crippen LogP contribution in [0.2, 0.25) is 5.02 Å². The van der Waals surface area contributed by atoms with Gasteiger partial charge in [-0.2, -0.15) is 0 Å². The Bertz CT molecular complexity index is 856. The van der Waals surface area contributed by atoms with Crippen molar-refractivity contribution in [1.82, 2.24) is 4.90 Å². The van der Waals surface area contributed by atoms with Gasteiger partial charge in [0.2, 0.25) is 0 Å². The third kappa shape index (κ3) is 3.64. The quantitative estimate of drug-likeness (QED) is 0.443. The van der Waals surface area contributed by atoms with Crippen molar-refractivity contribution in [3.8, 4) is 5.75 Å². The summed E-state index contributed by atoms with van der Waals surface area (Å²) in [6.07, 6.45) is 2.52. The molecule has 2 fully saturated rings. The fraction of sp³-hybridized carbons (Fsp3) is 0.364. The van der Waals surface area contributed by atoms with Gasteiger partial charge in [0.1, 0.15) is 5.75 Å². The number of halogens is 1. The number of ether oxygens (including phenoxy) is 1. The fourth-order valence-corrected chi connectivity index (χ4v) is 3.94. The molecule has 140 valence electrons. The molecule has 2 aromatic carbocycles. The molecule has 4 nitrogen and oxygen atoms in total. The second-order valence-corrected chi connectivity index (χ2v) is 8.05. The molecule has 0 radical (unpaired) electrons. The van der Waals surface area contributed by atoms with E-state index in [1.165, 1.54) is 0 Å². The largest absolute Gasteiger partial charge is 0.426 e. The standard InChI is InChI=1S/C22H22ClNO3/c1-24-13-10-16(14-24)21(26)27-19-8-2-15(3-9-19)20(25)22(11-12-22)17-4-6-18(23)7-5-17/h2-9,16H,10-14H2,1H3. The van der Waals surface area contributed by atoms with E-state index in [0.717, 1.165) is 37.9 Å². The number of hydrogen-bond acceptors (Lipinski definition) is 4. The lowest BCUT2D eigenvalue weighted by atomic mass is 9.87. The summed E-state index contributed by atoms with van der Waals surface area (Å²) in [5.74, 6) is 0.330. The number of rotatable bonds is 5. The van der Waals surface area contributed by atoms with Gasteiger partial charge in [0, 0.05) is 17.1 Å². The molecule has 1 saturated heterocycles. The van der Waals surface area contributed by atoms with Gasteiger partial charge in [0.05, 0.1) is 11.3 Å². The van der Waals surface area contributed by atoms with Crippen molar-refractivity contribution in [2.45, 2.75) is 24.7 Å². The first-order valence-electron chi connectivity index (χ1n) is 9.29. The predicted molar refractivity (Wildman–Crippen MR) is 104 cm³/mol.